The first-order valence-corrected chi connectivity index (χ1v) is 6.28. The quantitative estimate of drug-likeness (QED) is 0.880. The normalized spacial score (nSPS) is 20.0. The fraction of sp³-hybridized carbons (Fsp3) is 0.500. The van der Waals surface area contributed by atoms with Gasteiger partial charge in [-0.2, -0.15) is 0 Å². The van der Waals surface area contributed by atoms with Crippen molar-refractivity contribution in [1.82, 2.24) is 4.90 Å². The van der Waals surface area contributed by atoms with Crippen LogP contribution < -0.4 is 4.90 Å². The monoisotopic (exact) mass is 248 g/mol. The highest BCUT2D eigenvalue weighted by Gasteiger charge is 2.28. The van der Waals surface area contributed by atoms with Crippen LogP contribution in [0.3, 0.4) is 0 Å². The van der Waals surface area contributed by atoms with E-state index in [1.165, 1.54) is 11.3 Å². The van der Waals surface area contributed by atoms with Crippen LogP contribution in [0.5, 0.6) is 0 Å². The molecule has 0 radical (unpaired) electrons. The Hall–Kier alpha value is -1.55. The van der Waals surface area contributed by atoms with Crippen molar-refractivity contribution in [2.45, 2.75) is 13.0 Å². The Morgan fingerprint density at radius 1 is 1.44 bits per heavy atom. The highest BCUT2D eigenvalue weighted by atomic mass is 16.4. The van der Waals surface area contributed by atoms with E-state index in [4.69, 9.17) is 5.11 Å². The number of hydrogen-bond donors (Lipinski definition) is 1. The predicted octanol–water partition coefficient (Wildman–Crippen LogP) is 1.66. The van der Waals surface area contributed by atoms with Crippen LogP contribution >= 0.6 is 0 Å². The summed E-state index contributed by atoms with van der Waals surface area (Å²) < 4.78 is 0. The van der Waals surface area contributed by atoms with Crippen LogP contribution in [0.2, 0.25) is 0 Å². The summed E-state index contributed by atoms with van der Waals surface area (Å²) in [5.41, 5.74) is 2.46. The minimum absolute atomic E-state index is 0.198. The van der Waals surface area contributed by atoms with Crippen LogP contribution in [0.25, 0.3) is 0 Å². The molecule has 1 aliphatic heterocycles. The number of rotatable bonds is 4. The third-order valence-electron chi connectivity index (χ3n) is 3.49. The Morgan fingerprint density at radius 3 is 2.78 bits per heavy atom. The second-order valence-electron chi connectivity index (χ2n) is 5.08. The number of carboxylic acids is 1. The maximum atomic E-state index is 10.9. The minimum atomic E-state index is -0.668. The zero-order valence-corrected chi connectivity index (χ0v) is 11.0. The number of anilines is 1. The Bertz CT molecular complexity index is 432. The van der Waals surface area contributed by atoms with Gasteiger partial charge in [-0.1, -0.05) is 18.2 Å². The number of nitrogens with zero attached hydrogens (tertiary/aromatic N) is 2. The van der Waals surface area contributed by atoms with E-state index < -0.39 is 5.97 Å². The lowest BCUT2D eigenvalue weighted by Gasteiger charge is -2.21. The SMILES string of the molecule is CN(C)c1ccccc1CN1CCC(C(=O)O)C1. The van der Waals surface area contributed by atoms with Crippen LogP contribution in [-0.2, 0) is 11.3 Å². The highest BCUT2D eigenvalue weighted by molar-refractivity contribution is 5.70. The van der Waals surface area contributed by atoms with Crippen molar-refractivity contribution in [3.8, 4) is 0 Å². The van der Waals surface area contributed by atoms with E-state index in [1.54, 1.807) is 0 Å². The van der Waals surface area contributed by atoms with Gasteiger partial charge in [0.1, 0.15) is 0 Å². The molecule has 1 atom stereocenters. The Labute approximate surface area is 108 Å². The first-order valence-electron chi connectivity index (χ1n) is 6.28. The van der Waals surface area contributed by atoms with Crippen molar-refractivity contribution in [2.24, 2.45) is 5.92 Å². The molecule has 18 heavy (non-hydrogen) atoms. The van der Waals surface area contributed by atoms with Crippen molar-refractivity contribution in [2.75, 3.05) is 32.1 Å². The van der Waals surface area contributed by atoms with Crippen LogP contribution in [0, 0.1) is 5.92 Å². The van der Waals surface area contributed by atoms with E-state index in [9.17, 15) is 4.79 Å². The fourth-order valence-electron chi connectivity index (χ4n) is 2.50. The second-order valence-corrected chi connectivity index (χ2v) is 5.08. The van der Waals surface area contributed by atoms with E-state index >= 15 is 0 Å². The summed E-state index contributed by atoms with van der Waals surface area (Å²) in [5, 5.41) is 9.01. The molecule has 0 saturated carbocycles. The summed E-state index contributed by atoms with van der Waals surface area (Å²) in [7, 11) is 4.06. The lowest BCUT2D eigenvalue weighted by atomic mass is 10.1. The third-order valence-corrected chi connectivity index (χ3v) is 3.49. The highest BCUT2D eigenvalue weighted by Crippen LogP contribution is 2.23. The molecule has 1 fully saturated rings. The van der Waals surface area contributed by atoms with Gasteiger partial charge in [0.05, 0.1) is 5.92 Å². The Morgan fingerprint density at radius 2 is 2.17 bits per heavy atom. The minimum Gasteiger partial charge on any atom is -0.481 e. The molecule has 4 nitrogen and oxygen atoms in total. The molecular weight excluding hydrogens is 228 g/mol. The second kappa shape index (κ2) is 5.40. The zero-order valence-electron chi connectivity index (χ0n) is 11.0. The average Bonchev–Trinajstić information content (AvgIpc) is 2.78. The largest absolute Gasteiger partial charge is 0.481 e. The number of aliphatic carboxylic acids is 1. The van der Waals surface area contributed by atoms with Gasteiger partial charge >= 0.3 is 5.97 Å². The maximum absolute atomic E-state index is 10.9. The molecule has 0 spiro atoms. The summed E-state index contributed by atoms with van der Waals surface area (Å²) in [6.45, 7) is 2.37. The lowest BCUT2D eigenvalue weighted by molar-refractivity contribution is -0.141. The molecule has 1 saturated heterocycles. The molecule has 1 unspecified atom stereocenters. The molecule has 0 amide bonds. The van der Waals surface area contributed by atoms with Crippen LogP contribution in [0.1, 0.15) is 12.0 Å². The number of likely N-dealkylation sites (tertiary alicyclic amines) is 1. The van der Waals surface area contributed by atoms with E-state index in [2.05, 4.69) is 21.9 Å². The van der Waals surface area contributed by atoms with Gasteiger partial charge < -0.3 is 10.0 Å². The van der Waals surface area contributed by atoms with E-state index in [1.807, 2.05) is 26.2 Å². The standard InChI is InChI=1S/C14H20N2O2/c1-15(2)13-6-4-3-5-11(13)9-16-8-7-12(10-16)14(17)18/h3-6,12H,7-10H2,1-2H3,(H,17,18). The van der Waals surface area contributed by atoms with Gasteiger partial charge in [0.15, 0.2) is 0 Å². The summed E-state index contributed by atoms with van der Waals surface area (Å²) >= 11 is 0. The van der Waals surface area contributed by atoms with Crippen LogP contribution in [0.15, 0.2) is 24.3 Å². The Kier molecular flexibility index (Phi) is 3.87. The molecule has 1 aromatic carbocycles. The van der Waals surface area contributed by atoms with E-state index in [0.29, 0.717) is 6.54 Å². The van der Waals surface area contributed by atoms with Crippen LogP contribution in [-0.4, -0.2) is 43.2 Å². The molecule has 1 aromatic rings. The molecule has 2 rings (SSSR count). The summed E-state index contributed by atoms with van der Waals surface area (Å²) in [5.74, 6) is -0.866. The number of carbonyl (C=O) groups is 1. The van der Waals surface area contributed by atoms with Gasteiger partial charge in [0.25, 0.3) is 0 Å². The molecule has 1 N–H and O–H groups in total. The number of benzene rings is 1. The average molecular weight is 248 g/mol. The van der Waals surface area contributed by atoms with Gasteiger partial charge in [-0.05, 0) is 24.6 Å². The first kappa shape index (κ1) is 12.9. The van der Waals surface area contributed by atoms with E-state index in [0.717, 1.165) is 19.5 Å². The lowest BCUT2D eigenvalue weighted by Crippen LogP contribution is -2.24. The van der Waals surface area contributed by atoms with Gasteiger partial charge in [-0.15, -0.1) is 0 Å². The number of hydrogen-bond acceptors (Lipinski definition) is 3. The molecule has 1 heterocycles. The predicted molar refractivity (Wildman–Crippen MR) is 71.8 cm³/mol. The molecule has 0 aromatic heterocycles. The smallest absolute Gasteiger partial charge is 0.307 e. The van der Waals surface area contributed by atoms with Crippen molar-refractivity contribution in [3.63, 3.8) is 0 Å². The van der Waals surface area contributed by atoms with Gasteiger partial charge in [0.2, 0.25) is 0 Å². The Balaban J connectivity index is 2.04. The number of para-hydroxylation sites is 1. The van der Waals surface area contributed by atoms with Gasteiger partial charge in [0, 0.05) is 32.9 Å². The van der Waals surface area contributed by atoms with E-state index in [-0.39, 0.29) is 5.92 Å². The number of carboxylic acid groups (broad SMARTS) is 1. The molecule has 0 bridgehead atoms. The summed E-state index contributed by atoms with van der Waals surface area (Å²) in [6, 6.07) is 8.28. The summed E-state index contributed by atoms with van der Waals surface area (Å²) in [6.07, 6.45) is 0.763. The molecule has 1 aliphatic rings. The summed E-state index contributed by atoms with van der Waals surface area (Å²) in [4.78, 5) is 15.3. The van der Waals surface area contributed by atoms with Crippen molar-refractivity contribution in [3.05, 3.63) is 29.8 Å². The molecular formula is C14H20N2O2. The third kappa shape index (κ3) is 2.82. The fourth-order valence-corrected chi connectivity index (χ4v) is 2.50. The van der Waals surface area contributed by atoms with Gasteiger partial charge in [-0.25, -0.2) is 0 Å². The molecule has 98 valence electrons. The molecule has 4 heteroatoms. The van der Waals surface area contributed by atoms with Crippen LogP contribution in [0.4, 0.5) is 5.69 Å². The topological polar surface area (TPSA) is 43.8 Å². The molecule has 0 aliphatic carbocycles. The van der Waals surface area contributed by atoms with Crippen molar-refractivity contribution < 1.29 is 9.90 Å². The first-order chi connectivity index (χ1) is 8.58. The van der Waals surface area contributed by atoms with Crippen molar-refractivity contribution >= 4 is 11.7 Å². The van der Waals surface area contributed by atoms with Crippen molar-refractivity contribution in [1.29, 1.82) is 0 Å². The zero-order chi connectivity index (χ0) is 13.1. The maximum Gasteiger partial charge on any atom is 0.307 e. The van der Waals surface area contributed by atoms with Gasteiger partial charge in [-0.3, -0.25) is 9.69 Å².